The molecule has 0 N–H and O–H groups in total. The minimum absolute atomic E-state index is 0.486. The number of sulfone groups is 1. The van der Waals surface area contributed by atoms with Crippen LogP contribution >= 0.6 is 0 Å². The summed E-state index contributed by atoms with van der Waals surface area (Å²) in [6.45, 7) is 0. The Morgan fingerprint density at radius 1 is 0.783 bits per heavy atom. The highest BCUT2D eigenvalue weighted by molar-refractivity contribution is 7.91. The first-order valence-corrected chi connectivity index (χ1v) is 7.26. The zero-order valence-corrected chi connectivity index (χ0v) is 11.8. The molecule has 0 radical (unpaired) electrons. The molecule has 0 saturated carbocycles. The van der Waals surface area contributed by atoms with E-state index in [2.05, 4.69) is 0 Å². The molecule has 0 fully saturated rings. The third-order valence-electron chi connectivity index (χ3n) is 2.85. The maximum Gasteiger partial charge on any atom is 0.306 e. The third-order valence-corrected chi connectivity index (χ3v) is 4.60. The standard InChI is InChI=1S/C12H6F2N2O6S/c13-9-3-1-7(5-11(9)15(17)18)23(21,22)8-2-4-10(14)12(6-8)16(19)20/h1-6H. The van der Waals surface area contributed by atoms with Crippen molar-refractivity contribution in [1.82, 2.24) is 0 Å². The van der Waals surface area contributed by atoms with E-state index in [4.69, 9.17) is 0 Å². The van der Waals surface area contributed by atoms with Gasteiger partial charge in [-0.2, -0.15) is 8.78 Å². The minimum atomic E-state index is -4.43. The van der Waals surface area contributed by atoms with Crippen molar-refractivity contribution < 1.29 is 27.0 Å². The fourth-order valence-electron chi connectivity index (χ4n) is 1.74. The van der Waals surface area contributed by atoms with E-state index in [1.807, 2.05) is 0 Å². The van der Waals surface area contributed by atoms with E-state index >= 15 is 0 Å². The van der Waals surface area contributed by atoms with Crippen LogP contribution in [0.25, 0.3) is 0 Å². The minimum Gasteiger partial charge on any atom is -0.258 e. The largest absolute Gasteiger partial charge is 0.306 e. The molecule has 0 aliphatic rings. The molecule has 0 bridgehead atoms. The third kappa shape index (κ3) is 2.99. The van der Waals surface area contributed by atoms with Crippen molar-refractivity contribution in [2.24, 2.45) is 0 Å². The van der Waals surface area contributed by atoms with E-state index in [0.29, 0.717) is 24.3 Å². The van der Waals surface area contributed by atoms with Gasteiger partial charge in [0.25, 0.3) is 0 Å². The van der Waals surface area contributed by atoms with Gasteiger partial charge in [-0.15, -0.1) is 0 Å². The molecule has 2 rings (SSSR count). The van der Waals surface area contributed by atoms with E-state index in [1.165, 1.54) is 0 Å². The Balaban J connectivity index is 2.64. The molecule has 2 aromatic carbocycles. The Morgan fingerprint density at radius 3 is 1.43 bits per heavy atom. The predicted molar refractivity (Wildman–Crippen MR) is 71.6 cm³/mol. The quantitative estimate of drug-likeness (QED) is 0.477. The predicted octanol–water partition coefficient (Wildman–Crippen LogP) is 2.61. The molecule has 0 aliphatic carbocycles. The van der Waals surface area contributed by atoms with Crippen molar-refractivity contribution in [2.45, 2.75) is 9.79 Å². The molecule has 23 heavy (non-hydrogen) atoms. The lowest BCUT2D eigenvalue weighted by atomic mass is 10.3. The Morgan fingerprint density at radius 2 is 1.13 bits per heavy atom. The van der Waals surface area contributed by atoms with Crippen LogP contribution in [0.4, 0.5) is 20.2 Å². The van der Waals surface area contributed by atoms with Gasteiger partial charge in [-0.25, -0.2) is 8.42 Å². The number of nitro benzene ring substituents is 2. The van der Waals surface area contributed by atoms with Crippen LogP contribution in [0.5, 0.6) is 0 Å². The van der Waals surface area contributed by atoms with Crippen molar-refractivity contribution in [1.29, 1.82) is 0 Å². The monoisotopic (exact) mass is 344 g/mol. The van der Waals surface area contributed by atoms with Gasteiger partial charge in [0.2, 0.25) is 21.5 Å². The van der Waals surface area contributed by atoms with E-state index in [0.717, 1.165) is 12.1 Å². The lowest BCUT2D eigenvalue weighted by molar-refractivity contribution is -0.387. The van der Waals surface area contributed by atoms with Crippen LogP contribution < -0.4 is 0 Å². The Hall–Kier alpha value is -2.95. The molecule has 0 aromatic heterocycles. The molecule has 0 saturated heterocycles. The van der Waals surface area contributed by atoms with Gasteiger partial charge in [0.15, 0.2) is 0 Å². The van der Waals surface area contributed by atoms with E-state index in [1.54, 1.807) is 0 Å². The Kier molecular flexibility index (Phi) is 4.06. The fraction of sp³-hybridized carbons (Fsp3) is 0. The summed E-state index contributed by atoms with van der Waals surface area (Å²) >= 11 is 0. The maximum absolute atomic E-state index is 13.3. The first-order valence-electron chi connectivity index (χ1n) is 5.77. The normalized spacial score (nSPS) is 11.2. The van der Waals surface area contributed by atoms with Crippen LogP contribution in [0.1, 0.15) is 0 Å². The molecule has 8 nitrogen and oxygen atoms in total. The number of benzene rings is 2. The highest BCUT2D eigenvalue weighted by atomic mass is 32.2. The van der Waals surface area contributed by atoms with Crippen LogP contribution in [0.2, 0.25) is 0 Å². The Bertz CT molecular complexity index is 860. The van der Waals surface area contributed by atoms with Crippen LogP contribution in [0.15, 0.2) is 46.2 Å². The van der Waals surface area contributed by atoms with Gasteiger partial charge >= 0.3 is 11.4 Å². The topological polar surface area (TPSA) is 120 Å². The first kappa shape index (κ1) is 16.4. The zero-order chi connectivity index (χ0) is 17.4. The molecular formula is C12H6F2N2O6S. The molecule has 0 amide bonds. The summed E-state index contributed by atoms with van der Waals surface area (Å²) < 4.78 is 51.1. The van der Waals surface area contributed by atoms with Crippen LogP contribution in [0.3, 0.4) is 0 Å². The number of nitrogens with zero attached hydrogens (tertiary/aromatic N) is 2. The number of hydrogen-bond donors (Lipinski definition) is 0. The second kappa shape index (κ2) is 5.68. The van der Waals surface area contributed by atoms with Crippen molar-refractivity contribution in [3.05, 3.63) is 68.3 Å². The zero-order valence-electron chi connectivity index (χ0n) is 11.0. The number of hydrogen-bond acceptors (Lipinski definition) is 6. The van der Waals surface area contributed by atoms with E-state index in [9.17, 15) is 37.4 Å². The van der Waals surface area contributed by atoms with Crippen LogP contribution in [-0.2, 0) is 9.84 Å². The summed E-state index contributed by atoms with van der Waals surface area (Å²) in [6.07, 6.45) is 0. The van der Waals surface area contributed by atoms with Crippen molar-refractivity contribution in [3.63, 3.8) is 0 Å². The summed E-state index contributed by atoms with van der Waals surface area (Å²) in [5.41, 5.74) is -2.13. The molecule has 0 aliphatic heterocycles. The molecule has 2 aromatic rings. The second-order valence-electron chi connectivity index (χ2n) is 4.24. The van der Waals surface area contributed by atoms with Gasteiger partial charge in [-0.1, -0.05) is 0 Å². The summed E-state index contributed by atoms with van der Waals surface area (Å²) in [5, 5.41) is 21.3. The smallest absolute Gasteiger partial charge is 0.258 e. The molecular weight excluding hydrogens is 338 g/mol. The highest BCUT2D eigenvalue weighted by Gasteiger charge is 2.26. The highest BCUT2D eigenvalue weighted by Crippen LogP contribution is 2.29. The molecule has 0 heterocycles. The van der Waals surface area contributed by atoms with Crippen LogP contribution in [0, 0.1) is 31.9 Å². The maximum atomic E-state index is 13.3. The van der Waals surface area contributed by atoms with Gasteiger partial charge in [0.1, 0.15) is 0 Å². The molecule has 0 atom stereocenters. The van der Waals surface area contributed by atoms with E-state index in [-0.39, 0.29) is 0 Å². The molecule has 11 heteroatoms. The summed E-state index contributed by atoms with van der Waals surface area (Å²) in [7, 11) is -4.43. The van der Waals surface area contributed by atoms with E-state index < -0.39 is 52.5 Å². The molecule has 120 valence electrons. The Labute approximate surface area is 127 Å². The fourth-order valence-corrected chi connectivity index (χ4v) is 3.04. The first-order chi connectivity index (χ1) is 10.6. The average Bonchev–Trinajstić information content (AvgIpc) is 2.47. The lowest BCUT2D eigenvalue weighted by Gasteiger charge is -2.05. The van der Waals surface area contributed by atoms with Crippen molar-refractivity contribution >= 4 is 21.2 Å². The molecule has 0 unspecified atom stereocenters. The van der Waals surface area contributed by atoms with Crippen molar-refractivity contribution in [3.8, 4) is 0 Å². The number of halogens is 2. The SMILES string of the molecule is O=[N+]([O-])c1cc(S(=O)(=O)c2ccc(F)c([N+](=O)[O-])c2)ccc1F. The van der Waals surface area contributed by atoms with Gasteiger partial charge < -0.3 is 0 Å². The summed E-state index contributed by atoms with van der Waals surface area (Å²) in [5.74, 6) is -2.47. The van der Waals surface area contributed by atoms with Gasteiger partial charge in [-0.05, 0) is 24.3 Å². The molecule has 0 spiro atoms. The average molecular weight is 344 g/mol. The summed E-state index contributed by atoms with van der Waals surface area (Å²) in [4.78, 5) is 17.8. The van der Waals surface area contributed by atoms with Gasteiger partial charge in [0.05, 0.1) is 19.6 Å². The number of rotatable bonds is 4. The van der Waals surface area contributed by atoms with Gasteiger partial charge in [0, 0.05) is 12.1 Å². The number of nitro groups is 2. The second-order valence-corrected chi connectivity index (χ2v) is 6.19. The summed E-state index contributed by atoms with van der Waals surface area (Å²) in [6, 6.07) is 3.69. The lowest BCUT2D eigenvalue weighted by Crippen LogP contribution is -2.05. The van der Waals surface area contributed by atoms with Crippen molar-refractivity contribution in [2.75, 3.05) is 0 Å². The van der Waals surface area contributed by atoms with Gasteiger partial charge in [-0.3, -0.25) is 20.2 Å². The van der Waals surface area contributed by atoms with Crippen LogP contribution in [-0.4, -0.2) is 18.3 Å².